The standard InChI is InChI=1S/C17H17ClFNO2/c1-17(22-2,13-6-4-7-14(18)10-13)11-20-16(21)12-5-3-8-15(19)9-12/h3-10H,11H2,1-2H3,(H,20,21). The number of rotatable bonds is 5. The van der Waals surface area contributed by atoms with Crippen molar-refractivity contribution in [3.63, 3.8) is 0 Å². The summed E-state index contributed by atoms with van der Waals surface area (Å²) >= 11 is 6.00. The molecule has 0 bridgehead atoms. The summed E-state index contributed by atoms with van der Waals surface area (Å²) in [5.41, 5.74) is 0.389. The second-order valence-electron chi connectivity index (χ2n) is 5.14. The fraction of sp³-hybridized carbons (Fsp3) is 0.235. The predicted molar refractivity (Wildman–Crippen MR) is 84.5 cm³/mol. The number of hydrogen-bond acceptors (Lipinski definition) is 2. The Morgan fingerprint density at radius 3 is 2.64 bits per heavy atom. The molecule has 3 nitrogen and oxygen atoms in total. The van der Waals surface area contributed by atoms with Gasteiger partial charge in [0.2, 0.25) is 0 Å². The minimum absolute atomic E-state index is 0.235. The van der Waals surface area contributed by atoms with Crippen molar-refractivity contribution in [2.75, 3.05) is 13.7 Å². The lowest BCUT2D eigenvalue weighted by Crippen LogP contribution is -2.40. The molecular weight excluding hydrogens is 305 g/mol. The average molecular weight is 322 g/mol. The molecule has 1 atom stereocenters. The molecule has 2 aromatic carbocycles. The molecule has 0 aromatic heterocycles. The highest BCUT2D eigenvalue weighted by Crippen LogP contribution is 2.26. The Balaban J connectivity index is 2.12. The summed E-state index contributed by atoms with van der Waals surface area (Å²) in [5.74, 6) is -0.804. The van der Waals surface area contributed by atoms with Gasteiger partial charge in [0.25, 0.3) is 5.91 Å². The minimum atomic E-state index is -0.728. The molecule has 0 radical (unpaired) electrons. The molecule has 0 heterocycles. The molecular formula is C17H17ClFNO2. The molecule has 0 fully saturated rings. The van der Waals surface area contributed by atoms with Crippen LogP contribution in [0.15, 0.2) is 48.5 Å². The number of hydrogen-bond donors (Lipinski definition) is 1. The van der Waals surface area contributed by atoms with E-state index >= 15 is 0 Å². The van der Waals surface area contributed by atoms with Crippen LogP contribution in [0.1, 0.15) is 22.8 Å². The molecule has 2 rings (SSSR count). The van der Waals surface area contributed by atoms with Gasteiger partial charge in [-0.15, -0.1) is 0 Å². The number of benzene rings is 2. The van der Waals surface area contributed by atoms with Crippen molar-refractivity contribution in [1.29, 1.82) is 0 Å². The summed E-state index contributed by atoms with van der Waals surface area (Å²) in [6, 6.07) is 12.8. The molecule has 1 N–H and O–H groups in total. The molecule has 0 aliphatic rings. The molecule has 0 spiro atoms. The molecule has 0 saturated carbocycles. The topological polar surface area (TPSA) is 38.3 Å². The van der Waals surface area contributed by atoms with E-state index in [2.05, 4.69) is 5.32 Å². The average Bonchev–Trinajstić information content (AvgIpc) is 2.52. The monoisotopic (exact) mass is 321 g/mol. The molecule has 0 aliphatic carbocycles. The van der Waals surface area contributed by atoms with Crippen LogP contribution in [0.4, 0.5) is 4.39 Å². The molecule has 1 unspecified atom stereocenters. The van der Waals surface area contributed by atoms with Crippen LogP contribution in [-0.2, 0) is 10.3 Å². The third kappa shape index (κ3) is 3.84. The zero-order chi connectivity index (χ0) is 16.2. The van der Waals surface area contributed by atoms with Crippen molar-refractivity contribution in [3.05, 3.63) is 70.5 Å². The zero-order valence-electron chi connectivity index (χ0n) is 12.4. The maximum absolute atomic E-state index is 13.2. The van der Waals surface area contributed by atoms with Gasteiger partial charge in [-0.05, 0) is 42.8 Å². The number of nitrogens with one attached hydrogen (secondary N) is 1. The first-order valence-electron chi connectivity index (χ1n) is 6.79. The predicted octanol–water partition coefficient (Wildman–Crippen LogP) is 3.77. The SMILES string of the molecule is COC(C)(CNC(=O)c1cccc(F)c1)c1cccc(Cl)c1. The van der Waals surface area contributed by atoms with Crippen LogP contribution < -0.4 is 5.32 Å². The van der Waals surface area contributed by atoms with Gasteiger partial charge in [-0.25, -0.2) is 4.39 Å². The third-order valence-corrected chi connectivity index (χ3v) is 3.79. The van der Waals surface area contributed by atoms with Crippen molar-refractivity contribution in [3.8, 4) is 0 Å². The third-order valence-electron chi connectivity index (χ3n) is 3.56. The Kier molecular flexibility index (Phi) is 5.16. The summed E-state index contributed by atoms with van der Waals surface area (Å²) in [6.07, 6.45) is 0. The maximum Gasteiger partial charge on any atom is 0.251 e. The lowest BCUT2D eigenvalue weighted by atomic mass is 9.95. The van der Waals surface area contributed by atoms with E-state index in [1.165, 1.54) is 18.2 Å². The van der Waals surface area contributed by atoms with E-state index in [0.29, 0.717) is 5.02 Å². The quantitative estimate of drug-likeness (QED) is 0.910. The van der Waals surface area contributed by atoms with Crippen molar-refractivity contribution < 1.29 is 13.9 Å². The number of carbonyl (C=O) groups is 1. The van der Waals surface area contributed by atoms with Crippen LogP contribution in [-0.4, -0.2) is 19.6 Å². The van der Waals surface area contributed by atoms with Crippen molar-refractivity contribution in [1.82, 2.24) is 5.32 Å². The van der Waals surface area contributed by atoms with Gasteiger partial charge in [-0.3, -0.25) is 4.79 Å². The highest BCUT2D eigenvalue weighted by molar-refractivity contribution is 6.30. The van der Waals surface area contributed by atoms with Gasteiger partial charge in [0.05, 0.1) is 6.54 Å². The number of amides is 1. The smallest absolute Gasteiger partial charge is 0.251 e. The van der Waals surface area contributed by atoms with Crippen LogP contribution >= 0.6 is 11.6 Å². The Hall–Kier alpha value is -1.91. The lowest BCUT2D eigenvalue weighted by Gasteiger charge is -2.29. The van der Waals surface area contributed by atoms with Crippen LogP contribution in [0.25, 0.3) is 0 Å². The summed E-state index contributed by atoms with van der Waals surface area (Å²) in [5, 5.41) is 3.36. The Bertz CT molecular complexity index is 677. The van der Waals surface area contributed by atoms with Crippen molar-refractivity contribution in [2.45, 2.75) is 12.5 Å². The van der Waals surface area contributed by atoms with Gasteiger partial charge >= 0.3 is 0 Å². The normalized spacial score (nSPS) is 13.5. The fourth-order valence-corrected chi connectivity index (χ4v) is 2.28. The van der Waals surface area contributed by atoms with E-state index in [0.717, 1.165) is 5.56 Å². The van der Waals surface area contributed by atoms with Gasteiger partial charge in [0, 0.05) is 17.7 Å². The van der Waals surface area contributed by atoms with Crippen LogP contribution in [0.3, 0.4) is 0 Å². The van der Waals surface area contributed by atoms with E-state index in [4.69, 9.17) is 16.3 Å². The summed E-state index contributed by atoms with van der Waals surface area (Å²) < 4.78 is 18.7. The maximum atomic E-state index is 13.2. The van der Waals surface area contributed by atoms with Crippen LogP contribution in [0, 0.1) is 5.82 Å². The van der Waals surface area contributed by atoms with Crippen LogP contribution in [0.5, 0.6) is 0 Å². The van der Waals surface area contributed by atoms with Crippen LogP contribution in [0.2, 0.25) is 5.02 Å². The number of carbonyl (C=O) groups excluding carboxylic acids is 1. The molecule has 1 amide bonds. The van der Waals surface area contributed by atoms with Crippen molar-refractivity contribution >= 4 is 17.5 Å². The Morgan fingerprint density at radius 1 is 1.27 bits per heavy atom. The van der Waals surface area contributed by atoms with E-state index in [1.54, 1.807) is 25.3 Å². The second kappa shape index (κ2) is 6.90. The van der Waals surface area contributed by atoms with Gasteiger partial charge < -0.3 is 10.1 Å². The van der Waals surface area contributed by atoms with E-state index < -0.39 is 11.4 Å². The first-order chi connectivity index (χ1) is 10.4. The number of methoxy groups -OCH3 is 1. The highest BCUT2D eigenvalue weighted by atomic mass is 35.5. The first-order valence-corrected chi connectivity index (χ1v) is 7.17. The zero-order valence-corrected chi connectivity index (χ0v) is 13.2. The molecule has 2 aromatic rings. The van der Waals surface area contributed by atoms with E-state index in [-0.39, 0.29) is 18.0 Å². The number of halogens is 2. The summed E-state index contributed by atoms with van der Waals surface area (Å²) in [7, 11) is 1.56. The minimum Gasteiger partial charge on any atom is -0.372 e. The van der Waals surface area contributed by atoms with Gasteiger partial charge in [0.15, 0.2) is 0 Å². The molecule has 0 saturated heterocycles. The van der Waals surface area contributed by atoms with E-state index in [9.17, 15) is 9.18 Å². The van der Waals surface area contributed by atoms with Gasteiger partial charge in [-0.2, -0.15) is 0 Å². The first kappa shape index (κ1) is 16.5. The van der Waals surface area contributed by atoms with Crippen molar-refractivity contribution in [2.24, 2.45) is 0 Å². The van der Waals surface area contributed by atoms with E-state index in [1.807, 2.05) is 19.1 Å². The summed E-state index contributed by atoms with van der Waals surface area (Å²) in [4.78, 5) is 12.1. The Morgan fingerprint density at radius 2 is 2.00 bits per heavy atom. The largest absolute Gasteiger partial charge is 0.372 e. The van der Waals surface area contributed by atoms with Gasteiger partial charge in [0.1, 0.15) is 11.4 Å². The fourth-order valence-electron chi connectivity index (χ4n) is 2.09. The van der Waals surface area contributed by atoms with Gasteiger partial charge in [-0.1, -0.05) is 29.8 Å². The summed E-state index contributed by atoms with van der Waals surface area (Å²) in [6.45, 7) is 2.09. The molecule has 5 heteroatoms. The second-order valence-corrected chi connectivity index (χ2v) is 5.57. The highest BCUT2D eigenvalue weighted by Gasteiger charge is 2.27. The molecule has 116 valence electrons. The molecule has 0 aliphatic heterocycles. The number of ether oxygens (including phenoxy) is 1. The lowest BCUT2D eigenvalue weighted by molar-refractivity contribution is 0.00315. The molecule has 22 heavy (non-hydrogen) atoms. The Labute approximate surface area is 134 Å².